The molecule has 0 amide bonds. The van der Waals surface area contributed by atoms with Crippen LogP contribution in [0.2, 0.25) is 0 Å². The molecule has 0 aliphatic carbocycles. The molecule has 0 bridgehead atoms. The van der Waals surface area contributed by atoms with E-state index in [9.17, 15) is 0 Å². The minimum absolute atomic E-state index is 0.464. The molecule has 2 aromatic rings. The highest BCUT2D eigenvalue weighted by Crippen LogP contribution is 2.13. The van der Waals surface area contributed by atoms with E-state index in [2.05, 4.69) is 20.9 Å². The fraction of sp³-hybridized carbons (Fsp3) is 0.0769. The number of aromatic nitrogens is 1. The van der Waals surface area contributed by atoms with E-state index in [0.29, 0.717) is 18.1 Å². The van der Waals surface area contributed by atoms with Crippen LogP contribution >= 0.6 is 15.9 Å². The summed E-state index contributed by atoms with van der Waals surface area (Å²) in [6.07, 6.45) is 1.50. The van der Waals surface area contributed by atoms with E-state index in [1.807, 2.05) is 30.3 Å². The molecule has 1 heterocycles. The van der Waals surface area contributed by atoms with Crippen LogP contribution in [0, 0.1) is 11.3 Å². The first-order chi connectivity index (χ1) is 8.28. The molecule has 4 heteroatoms. The zero-order chi connectivity index (χ0) is 12.1. The third-order valence-corrected chi connectivity index (χ3v) is 2.69. The van der Waals surface area contributed by atoms with E-state index in [0.717, 1.165) is 10.0 Å². The third kappa shape index (κ3) is 3.30. The summed E-state index contributed by atoms with van der Waals surface area (Å²) in [6, 6.07) is 13.3. The molecule has 0 atom stereocenters. The predicted molar refractivity (Wildman–Crippen MR) is 67.4 cm³/mol. The second-order valence-electron chi connectivity index (χ2n) is 3.41. The van der Waals surface area contributed by atoms with Crippen molar-refractivity contribution in [2.45, 2.75) is 6.61 Å². The number of ether oxygens (including phenoxy) is 1. The Kier molecular flexibility index (Phi) is 3.73. The normalized spacial score (nSPS) is 9.65. The number of halogens is 1. The summed E-state index contributed by atoms with van der Waals surface area (Å²) in [7, 11) is 0. The summed E-state index contributed by atoms with van der Waals surface area (Å²) >= 11 is 3.37. The molecule has 0 spiro atoms. The monoisotopic (exact) mass is 288 g/mol. The Morgan fingerprint density at radius 3 is 2.53 bits per heavy atom. The average Bonchev–Trinajstić information content (AvgIpc) is 2.39. The van der Waals surface area contributed by atoms with E-state index < -0.39 is 0 Å². The fourth-order valence-electron chi connectivity index (χ4n) is 1.27. The molecule has 1 aromatic heterocycles. The quantitative estimate of drug-likeness (QED) is 0.871. The smallest absolute Gasteiger partial charge is 0.213 e. The molecule has 0 aliphatic rings. The van der Waals surface area contributed by atoms with Gasteiger partial charge in [-0.05, 0) is 23.8 Å². The Morgan fingerprint density at radius 1 is 1.18 bits per heavy atom. The first kappa shape index (κ1) is 11.6. The van der Waals surface area contributed by atoms with E-state index in [1.165, 1.54) is 6.20 Å². The zero-order valence-electron chi connectivity index (χ0n) is 8.93. The maximum Gasteiger partial charge on any atom is 0.213 e. The number of pyridine rings is 1. The molecule has 0 saturated heterocycles. The van der Waals surface area contributed by atoms with Crippen LogP contribution < -0.4 is 4.74 Å². The van der Waals surface area contributed by atoms with Crippen LogP contribution in [-0.2, 0) is 6.61 Å². The highest BCUT2D eigenvalue weighted by atomic mass is 79.9. The summed E-state index contributed by atoms with van der Waals surface area (Å²) < 4.78 is 6.54. The van der Waals surface area contributed by atoms with E-state index >= 15 is 0 Å². The molecule has 0 N–H and O–H groups in total. The summed E-state index contributed by atoms with van der Waals surface area (Å²) in [5.74, 6) is 0.520. The molecule has 0 aliphatic heterocycles. The lowest BCUT2D eigenvalue weighted by Crippen LogP contribution is -1.96. The maximum absolute atomic E-state index is 8.63. The maximum atomic E-state index is 8.63. The summed E-state index contributed by atoms with van der Waals surface area (Å²) in [6.45, 7) is 0.464. The van der Waals surface area contributed by atoms with Gasteiger partial charge in [0, 0.05) is 16.7 Å². The minimum atomic E-state index is 0.464. The molecule has 2 rings (SSSR count). The number of hydrogen-bond donors (Lipinski definition) is 0. The van der Waals surface area contributed by atoms with Crippen molar-refractivity contribution in [3.05, 3.63) is 58.2 Å². The zero-order valence-corrected chi connectivity index (χ0v) is 10.5. The molecule has 0 unspecified atom stereocenters. The standard InChI is InChI=1S/C13H9BrN2O/c14-12-4-1-10(2-5-12)9-17-13-6-3-11(7-15)8-16-13/h1-6,8H,9H2. The van der Waals surface area contributed by atoms with Gasteiger partial charge in [0.25, 0.3) is 0 Å². The second-order valence-corrected chi connectivity index (χ2v) is 4.33. The van der Waals surface area contributed by atoms with Gasteiger partial charge < -0.3 is 4.74 Å². The van der Waals surface area contributed by atoms with Crippen molar-refractivity contribution in [1.82, 2.24) is 4.98 Å². The highest BCUT2D eigenvalue weighted by molar-refractivity contribution is 9.10. The Balaban J connectivity index is 1.98. The van der Waals surface area contributed by atoms with E-state index in [4.69, 9.17) is 10.00 Å². The van der Waals surface area contributed by atoms with Gasteiger partial charge in [-0.25, -0.2) is 4.98 Å². The Hall–Kier alpha value is -1.86. The largest absolute Gasteiger partial charge is 0.473 e. The lowest BCUT2D eigenvalue weighted by atomic mass is 10.2. The van der Waals surface area contributed by atoms with Crippen LogP contribution in [-0.4, -0.2) is 4.98 Å². The van der Waals surface area contributed by atoms with Crippen molar-refractivity contribution in [3.8, 4) is 11.9 Å². The van der Waals surface area contributed by atoms with Gasteiger partial charge >= 0.3 is 0 Å². The Morgan fingerprint density at radius 2 is 1.94 bits per heavy atom. The molecule has 0 saturated carbocycles. The van der Waals surface area contributed by atoms with Crippen molar-refractivity contribution >= 4 is 15.9 Å². The van der Waals surface area contributed by atoms with Crippen LogP contribution in [0.25, 0.3) is 0 Å². The van der Waals surface area contributed by atoms with Crippen LogP contribution in [0.3, 0.4) is 0 Å². The van der Waals surface area contributed by atoms with Gasteiger partial charge in [-0.3, -0.25) is 0 Å². The van der Waals surface area contributed by atoms with E-state index in [-0.39, 0.29) is 0 Å². The van der Waals surface area contributed by atoms with Gasteiger partial charge in [0.15, 0.2) is 0 Å². The molecule has 0 fully saturated rings. The molecule has 3 nitrogen and oxygen atoms in total. The molecular weight excluding hydrogens is 280 g/mol. The SMILES string of the molecule is N#Cc1ccc(OCc2ccc(Br)cc2)nc1. The van der Waals surface area contributed by atoms with Gasteiger partial charge in [0.2, 0.25) is 5.88 Å². The fourth-order valence-corrected chi connectivity index (χ4v) is 1.53. The van der Waals surface area contributed by atoms with Gasteiger partial charge in [0.05, 0.1) is 5.56 Å². The molecule has 17 heavy (non-hydrogen) atoms. The van der Waals surface area contributed by atoms with Crippen molar-refractivity contribution in [1.29, 1.82) is 5.26 Å². The lowest BCUT2D eigenvalue weighted by molar-refractivity contribution is 0.294. The number of hydrogen-bond acceptors (Lipinski definition) is 3. The molecular formula is C13H9BrN2O. The molecule has 0 radical (unpaired) electrons. The number of nitrogens with zero attached hydrogens (tertiary/aromatic N) is 2. The molecule has 84 valence electrons. The van der Waals surface area contributed by atoms with Crippen molar-refractivity contribution in [2.24, 2.45) is 0 Å². The molecule has 1 aromatic carbocycles. The lowest BCUT2D eigenvalue weighted by Gasteiger charge is -2.05. The van der Waals surface area contributed by atoms with Crippen LogP contribution in [0.1, 0.15) is 11.1 Å². The third-order valence-electron chi connectivity index (χ3n) is 2.17. The van der Waals surface area contributed by atoms with Crippen molar-refractivity contribution in [2.75, 3.05) is 0 Å². The number of benzene rings is 1. The first-order valence-electron chi connectivity index (χ1n) is 5.01. The second kappa shape index (κ2) is 5.46. The average molecular weight is 289 g/mol. The van der Waals surface area contributed by atoms with Gasteiger partial charge in [0.1, 0.15) is 12.7 Å². The number of rotatable bonds is 3. The van der Waals surface area contributed by atoms with Crippen molar-refractivity contribution in [3.63, 3.8) is 0 Å². The minimum Gasteiger partial charge on any atom is -0.473 e. The highest BCUT2D eigenvalue weighted by Gasteiger charge is 1.98. The Labute approximate surface area is 108 Å². The first-order valence-corrected chi connectivity index (χ1v) is 5.80. The van der Waals surface area contributed by atoms with Crippen molar-refractivity contribution < 1.29 is 4.74 Å². The topological polar surface area (TPSA) is 45.9 Å². The predicted octanol–water partition coefficient (Wildman–Crippen LogP) is 3.29. The van der Waals surface area contributed by atoms with Crippen LogP contribution in [0.4, 0.5) is 0 Å². The van der Waals surface area contributed by atoms with Gasteiger partial charge in [-0.2, -0.15) is 5.26 Å². The Bertz CT molecular complexity index is 529. The summed E-state index contributed by atoms with van der Waals surface area (Å²) in [5, 5.41) is 8.63. The number of nitriles is 1. The van der Waals surface area contributed by atoms with Crippen LogP contribution in [0.5, 0.6) is 5.88 Å². The van der Waals surface area contributed by atoms with Crippen LogP contribution in [0.15, 0.2) is 47.1 Å². The van der Waals surface area contributed by atoms with E-state index in [1.54, 1.807) is 12.1 Å². The summed E-state index contributed by atoms with van der Waals surface area (Å²) in [5.41, 5.74) is 1.60. The van der Waals surface area contributed by atoms with Gasteiger partial charge in [-0.15, -0.1) is 0 Å². The summed E-state index contributed by atoms with van der Waals surface area (Å²) in [4.78, 5) is 4.03. The van der Waals surface area contributed by atoms with Gasteiger partial charge in [-0.1, -0.05) is 28.1 Å².